The van der Waals surface area contributed by atoms with Gasteiger partial charge in [0.15, 0.2) is 0 Å². The van der Waals surface area contributed by atoms with Crippen molar-refractivity contribution < 1.29 is 19.1 Å². The number of hydrogen-bond acceptors (Lipinski definition) is 2. The first-order valence-electron chi connectivity index (χ1n) is 6.95. The number of likely N-dealkylation sites (tertiary alicyclic amines) is 1. The molecule has 0 saturated carbocycles. The highest BCUT2D eigenvalue weighted by atomic mass is 19.1. The Kier molecular flexibility index (Phi) is 4.45. The minimum absolute atomic E-state index is 0.0633. The first-order chi connectivity index (χ1) is 9.88. The molecule has 2 unspecified atom stereocenters. The van der Waals surface area contributed by atoms with Crippen molar-refractivity contribution in [2.24, 2.45) is 5.92 Å². The molecule has 0 bridgehead atoms. The Bertz CT molecular complexity index is 562. The number of aliphatic carboxylic acids is 1. The second-order valence-electron chi connectivity index (χ2n) is 5.59. The van der Waals surface area contributed by atoms with E-state index in [9.17, 15) is 19.1 Å². The summed E-state index contributed by atoms with van der Waals surface area (Å²) in [5.41, 5.74) is 0.814. The van der Waals surface area contributed by atoms with Gasteiger partial charge >= 0.3 is 12.0 Å². The van der Waals surface area contributed by atoms with Crippen LogP contribution in [-0.2, 0) is 4.79 Å². The molecule has 1 aromatic rings. The average Bonchev–Trinajstić information content (AvgIpc) is 2.41. The molecule has 1 heterocycles. The van der Waals surface area contributed by atoms with Crippen LogP contribution < -0.4 is 5.32 Å². The molecule has 0 aliphatic carbocycles. The number of carbonyl (C=O) groups is 2. The number of rotatable bonds is 2. The molecule has 1 aliphatic rings. The number of nitrogens with zero attached hydrogens (tertiary/aromatic N) is 1. The van der Waals surface area contributed by atoms with E-state index in [-0.39, 0.29) is 11.6 Å². The normalized spacial score (nSPS) is 22.0. The zero-order valence-electron chi connectivity index (χ0n) is 12.1. The lowest BCUT2D eigenvalue weighted by Crippen LogP contribution is -2.51. The monoisotopic (exact) mass is 294 g/mol. The fourth-order valence-electron chi connectivity index (χ4n) is 2.53. The van der Waals surface area contributed by atoms with Gasteiger partial charge in [-0.15, -0.1) is 0 Å². The van der Waals surface area contributed by atoms with Gasteiger partial charge in [-0.2, -0.15) is 0 Å². The van der Waals surface area contributed by atoms with Gasteiger partial charge in [-0.1, -0.05) is 13.0 Å². The quantitative estimate of drug-likeness (QED) is 0.881. The maximum Gasteiger partial charge on any atom is 0.326 e. The molecule has 2 N–H and O–H groups in total. The van der Waals surface area contributed by atoms with Crippen LogP contribution in [0.15, 0.2) is 18.2 Å². The molecule has 2 rings (SSSR count). The molecule has 1 saturated heterocycles. The highest BCUT2D eigenvalue weighted by Gasteiger charge is 2.34. The highest BCUT2D eigenvalue weighted by Crippen LogP contribution is 2.24. The van der Waals surface area contributed by atoms with Gasteiger partial charge in [-0.25, -0.2) is 14.0 Å². The molecule has 0 radical (unpaired) electrons. The number of carboxylic acid groups (broad SMARTS) is 1. The SMILES string of the molecule is Cc1ccc(NC(=O)N2CCC(C)CC2C(=O)O)c(F)c1. The third-order valence-electron chi connectivity index (χ3n) is 3.78. The summed E-state index contributed by atoms with van der Waals surface area (Å²) in [5, 5.41) is 11.7. The van der Waals surface area contributed by atoms with E-state index in [2.05, 4.69) is 5.32 Å². The largest absolute Gasteiger partial charge is 0.480 e. The van der Waals surface area contributed by atoms with Crippen molar-refractivity contribution in [1.29, 1.82) is 0 Å². The molecule has 5 nitrogen and oxygen atoms in total. The Balaban J connectivity index is 2.13. The number of amides is 2. The summed E-state index contributed by atoms with van der Waals surface area (Å²) >= 11 is 0. The zero-order valence-corrected chi connectivity index (χ0v) is 12.1. The molecule has 2 amide bonds. The summed E-state index contributed by atoms with van der Waals surface area (Å²) in [6, 6.07) is 3.05. The van der Waals surface area contributed by atoms with Crippen LogP contribution in [0.2, 0.25) is 0 Å². The van der Waals surface area contributed by atoms with Gasteiger partial charge in [-0.05, 0) is 43.4 Å². The molecule has 1 aliphatic heterocycles. The number of halogens is 1. The summed E-state index contributed by atoms with van der Waals surface area (Å²) in [6.45, 7) is 4.07. The Morgan fingerprint density at radius 1 is 1.43 bits per heavy atom. The number of benzene rings is 1. The number of aryl methyl sites for hydroxylation is 1. The van der Waals surface area contributed by atoms with Crippen molar-refractivity contribution in [2.75, 3.05) is 11.9 Å². The Labute approximate surface area is 122 Å². The Morgan fingerprint density at radius 3 is 2.76 bits per heavy atom. The summed E-state index contributed by atoms with van der Waals surface area (Å²) in [4.78, 5) is 24.8. The van der Waals surface area contributed by atoms with E-state index in [1.807, 2.05) is 6.92 Å². The number of carbonyl (C=O) groups excluding carboxylic acids is 1. The van der Waals surface area contributed by atoms with Gasteiger partial charge in [0.1, 0.15) is 11.9 Å². The predicted molar refractivity (Wildman–Crippen MR) is 76.7 cm³/mol. The lowest BCUT2D eigenvalue weighted by Gasteiger charge is -2.35. The fourth-order valence-corrected chi connectivity index (χ4v) is 2.53. The first kappa shape index (κ1) is 15.3. The van der Waals surface area contributed by atoms with E-state index in [0.717, 1.165) is 12.0 Å². The van der Waals surface area contributed by atoms with E-state index in [0.29, 0.717) is 13.0 Å². The molecule has 114 valence electrons. The topological polar surface area (TPSA) is 69.6 Å². The summed E-state index contributed by atoms with van der Waals surface area (Å²) < 4.78 is 13.7. The van der Waals surface area contributed by atoms with Gasteiger partial charge < -0.3 is 15.3 Å². The summed E-state index contributed by atoms with van der Waals surface area (Å²) in [5.74, 6) is -1.30. The van der Waals surface area contributed by atoms with Crippen molar-refractivity contribution >= 4 is 17.7 Å². The lowest BCUT2D eigenvalue weighted by molar-refractivity contribution is -0.143. The van der Waals surface area contributed by atoms with Gasteiger partial charge in [0.2, 0.25) is 0 Å². The van der Waals surface area contributed by atoms with Crippen molar-refractivity contribution in [3.8, 4) is 0 Å². The zero-order chi connectivity index (χ0) is 15.6. The minimum Gasteiger partial charge on any atom is -0.480 e. The molecule has 0 aromatic heterocycles. The minimum atomic E-state index is -1.03. The second-order valence-corrected chi connectivity index (χ2v) is 5.59. The molecule has 21 heavy (non-hydrogen) atoms. The van der Waals surface area contributed by atoms with E-state index in [1.54, 1.807) is 13.0 Å². The van der Waals surface area contributed by atoms with Gasteiger partial charge in [0, 0.05) is 6.54 Å². The molecule has 0 spiro atoms. The number of urea groups is 1. The fraction of sp³-hybridized carbons (Fsp3) is 0.467. The maximum atomic E-state index is 13.7. The standard InChI is InChI=1S/C15H19FN2O3/c1-9-3-4-12(11(16)7-9)17-15(21)18-6-5-10(2)8-13(18)14(19)20/h3-4,7,10,13H,5-6,8H2,1-2H3,(H,17,21)(H,19,20). The van der Waals surface area contributed by atoms with Crippen molar-refractivity contribution in [1.82, 2.24) is 4.90 Å². The van der Waals surface area contributed by atoms with Crippen LogP contribution in [0, 0.1) is 18.7 Å². The smallest absolute Gasteiger partial charge is 0.326 e. The third-order valence-corrected chi connectivity index (χ3v) is 3.78. The van der Waals surface area contributed by atoms with Crippen LogP contribution in [0.3, 0.4) is 0 Å². The second kappa shape index (κ2) is 6.11. The number of carboxylic acids is 1. The Morgan fingerprint density at radius 2 is 2.14 bits per heavy atom. The van der Waals surface area contributed by atoms with Gasteiger partial charge in [0.05, 0.1) is 5.69 Å². The average molecular weight is 294 g/mol. The number of nitrogens with one attached hydrogen (secondary N) is 1. The predicted octanol–water partition coefficient (Wildman–Crippen LogP) is 2.85. The van der Waals surface area contributed by atoms with E-state index in [4.69, 9.17) is 0 Å². The van der Waals surface area contributed by atoms with Crippen LogP contribution in [0.5, 0.6) is 0 Å². The summed E-state index contributed by atoms with van der Waals surface area (Å²) in [6.07, 6.45) is 1.16. The van der Waals surface area contributed by atoms with Crippen LogP contribution in [-0.4, -0.2) is 34.6 Å². The van der Waals surface area contributed by atoms with Crippen LogP contribution in [0.25, 0.3) is 0 Å². The van der Waals surface area contributed by atoms with E-state index >= 15 is 0 Å². The molecule has 1 fully saturated rings. The highest BCUT2D eigenvalue weighted by molar-refractivity contribution is 5.92. The first-order valence-corrected chi connectivity index (χ1v) is 6.95. The lowest BCUT2D eigenvalue weighted by atomic mass is 9.93. The number of piperidine rings is 1. The number of hydrogen-bond donors (Lipinski definition) is 2. The van der Waals surface area contributed by atoms with Crippen LogP contribution in [0.1, 0.15) is 25.3 Å². The van der Waals surface area contributed by atoms with Crippen molar-refractivity contribution in [3.63, 3.8) is 0 Å². The molecule has 2 atom stereocenters. The van der Waals surface area contributed by atoms with Crippen molar-refractivity contribution in [2.45, 2.75) is 32.7 Å². The molecular weight excluding hydrogens is 275 g/mol. The van der Waals surface area contributed by atoms with E-state index in [1.165, 1.54) is 17.0 Å². The molecule has 6 heteroatoms. The van der Waals surface area contributed by atoms with Gasteiger partial charge in [-0.3, -0.25) is 0 Å². The Hall–Kier alpha value is -2.11. The van der Waals surface area contributed by atoms with Gasteiger partial charge in [0.25, 0.3) is 0 Å². The maximum absolute atomic E-state index is 13.7. The van der Waals surface area contributed by atoms with Crippen LogP contribution in [0.4, 0.5) is 14.9 Å². The molecule has 1 aromatic carbocycles. The van der Waals surface area contributed by atoms with Crippen LogP contribution >= 0.6 is 0 Å². The molecular formula is C15H19FN2O3. The number of anilines is 1. The van der Waals surface area contributed by atoms with E-state index < -0.39 is 23.9 Å². The van der Waals surface area contributed by atoms with Crippen molar-refractivity contribution in [3.05, 3.63) is 29.6 Å². The summed E-state index contributed by atoms with van der Waals surface area (Å²) in [7, 11) is 0. The third kappa shape index (κ3) is 3.51.